The Kier molecular flexibility index (Phi) is 7.34. The van der Waals surface area contributed by atoms with Gasteiger partial charge in [0, 0.05) is 42.6 Å². The average Bonchev–Trinajstić information content (AvgIpc) is 3.42. The van der Waals surface area contributed by atoms with Crippen LogP contribution < -0.4 is 4.90 Å². The van der Waals surface area contributed by atoms with Gasteiger partial charge in [-0.25, -0.2) is 0 Å². The Morgan fingerprint density at radius 2 is 1.95 bits per heavy atom. The van der Waals surface area contributed by atoms with E-state index in [-0.39, 0.29) is 29.0 Å². The number of alkyl halides is 3. The van der Waals surface area contributed by atoms with Gasteiger partial charge in [0.15, 0.2) is 0 Å². The van der Waals surface area contributed by atoms with Crippen LogP contribution in [0.5, 0.6) is 0 Å². The molecule has 1 aliphatic carbocycles. The van der Waals surface area contributed by atoms with Gasteiger partial charge in [-0.2, -0.15) is 18.4 Å². The second-order valence-electron chi connectivity index (χ2n) is 12.5. The second kappa shape index (κ2) is 10.8. The van der Waals surface area contributed by atoms with Gasteiger partial charge in [0.25, 0.3) is 5.91 Å². The summed E-state index contributed by atoms with van der Waals surface area (Å²) in [6.07, 6.45) is 2.11. The van der Waals surface area contributed by atoms with Gasteiger partial charge in [-0.15, -0.1) is 10.2 Å². The Bertz CT molecular complexity index is 1530. The van der Waals surface area contributed by atoms with Crippen LogP contribution in [0.2, 0.25) is 0 Å². The third kappa shape index (κ3) is 5.31. The Morgan fingerprint density at radius 3 is 2.67 bits per heavy atom. The van der Waals surface area contributed by atoms with E-state index in [1.54, 1.807) is 18.5 Å². The molecular formula is C32H35F3N6O. The van der Waals surface area contributed by atoms with Crippen LogP contribution in [-0.2, 0) is 38.1 Å². The van der Waals surface area contributed by atoms with Crippen molar-refractivity contribution < 1.29 is 18.0 Å². The molecule has 3 aromatic rings. The number of carbonyl (C=O) groups is 1. The van der Waals surface area contributed by atoms with Crippen LogP contribution in [0, 0.1) is 23.2 Å². The van der Waals surface area contributed by atoms with Crippen molar-refractivity contribution in [2.24, 2.45) is 18.9 Å². The molecule has 6 rings (SSSR count). The van der Waals surface area contributed by atoms with Gasteiger partial charge in [-0.1, -0.05) is 19.1 Å². The van der Waals surface area contributed by atoms with Gasteiger partial charge in [0.05, 0.1) is 18.2 Å². The van der Waals surface area contributed by atoms with E-state index in [0.717, 1.165) is 43.7 Å². The van der Waals surface area contributed by atoms with Crippen LogP contribution in [0.15, 0.2) is 42.7 Å². The minimum absolute atomic E-state index is 0.0353. The van der Waals surface area contributed by atoms with E-state index in [9.17, 15) is 23.2 Å². The molecule has 1 unspecified atom stereocenters. The highest BCUT2D eigenvalue weighted by molar-refractivity contribution is 6.10. The quantitative estimate of drug-likeness (QED) is 0.358. The van der Waals surface area contributed by atoms with Gasteiger partial charge >= 0.3 is 6.18 Å². The molecule has 3 aliphatic rings. The smallest absolute Gasteiger partial charge is 0.321 e. The van der Waals surface area contributed by atoms with Crippen molar-refractivity contribution in [3.63, 3.8) is 0 Å². The summed E-state index contributed by atoms with van der Waals surface area (Å²) in [5.41, 5.74) is 1.12. The number of nitrogens with zero attached hydrogens (tertiary/aromatic N) is 6. The molecule has 1 saturated carbocycles. The lowest BCUT2D eigenvalue weighted by Crippen LogP contribution is -2.43. The molecule has 2 fully saturated rings. The number of aryl methyl sites for hydroxylation is 1. The molecule has 7 nitrogen and oxygen atoms in total. The van der Waals surface area contributed by atoms with Crippen molar-refractivity contribution in [3.8, 4) is 6.07 Å². The fraction of sp³-hybridized carbons (Fsp3) is 0.500. The minimum atomic E-state index is -4.57. The Morgan fingerprint density at radius 1 is 1.14 bits per heavy atom. The zero-order chi connectivity index (χ0) is 29.6. The van der Waals surface area contributed by atoms with E-state index < -0.39 is 17.6 Å². The predicted octanol–water partition coefficient (Wildman–Crippen LogP) is 6.03. The van der Waals surface area contributed by atoms with Crippen LogP contribution in [0.1, 0.15) is 77.5 Å². The van der Waals surface area contributed by atoms with Gasteiger partial charge in [-0.05, 0) is 92.1 Å². The lowest BCUT2D eigenvalue weighted by molar-refractivity contribution is -0.138. The molecule has 1 aromatic heterocycles. The molecule has 10 heteroatoms. The highest BCUT2D eigenvalue weighted by Crippen LogP contribution is 2.50. The molecule has 220 valence electrons. The predicted molar refractivity (Wildman–Crippen MR) is 151 cm³/mol. The number of hydrogen-bond acceptors (Lipinski definition) is 5. The number of benzene rings is 2. The first kappa shape index (κ1) is 28.4. The fourth-order valence-corrected chi connectivity index (χ4v) is 6.99. The van der Waals surface area contributed by atoms with Crippen molar-refractivity contribution in [1.82, 2.24) is 19.7 Å². The van der Waals surface area contributed by atoms with Crippen LogP contribution >= 0.6 is 0 Å². The number of halogens is 3. The second-order valence-corrected chi connectivity index (χ2v) is 12.5. The van der Waals surface area contributed by atoms with Gasteiger partial charge in [0.2, 0.25) is 0 Å². The fourth-order valence-electron chi connectivity index (χ4n) is 6.99. The molecule has 2 aromatic carbocycles. The van der Waals surface area contributed by atoms with E-state index >= 15 is 0 Å². The first-order valence-electron chi connectivity index (χ1n) is 14.7. The molecule has 1 amide bonds. The number of nitriles is 1. The average molecular weight is 577 g/mol. The summed E-state index contributed by atoms with van der Waals surface area (Å²) >= 11 is 0. The zero-order valence-electron chi connectivity index (χ0n) is 24.0. The summed E-state index contributed by atoms with van der Waals surface area (Å²) in [6.45, 7) is 4.17. The number of anilines is 1. The summed E-state index contributed by atoms with van der Waals surface area (Å²) in [5, 5.41) is 17.8. The van der Waals surface area contributed by atoms with E-state index in [4.69, 9.17) is 0 Å². The Labute approximate surface area is 243 Å². The van der Waals surface area contributed by atoms with Gasteiger partial charge in [0.1, 0.15) is 12.2 Å². The van der Waals surface area contributed by atoms with Gasteiger partial charge < -0.3 is 9.47 Å². The monoisotopic (exact) mass is 576 g/mol. The molecule has 0 N–H and O–H groups in total. The van der Waals surface area contributed by atoms with Crippen LogP contribution in [0.25, 0.3) is 0 Å². The maximum atomic E-state index is 14.3. The molecule has 0 bridgehead atoms. The van der Waals surface area contributed by atoms with Crippen molar-refractivity contribution in [1.29, 1.82) is 5.26 Å². The molecule has 2 aliphatic heterocycles. The summed E-state index contributed by atoms with van der Waals surface area (Å²) in [4.78, 5) is 17.4. The number of aromatic nitrogens is 3. The maximum absolute atomic E-state index is 14.3. The number of fused-ring (bicyclic) bond motifs is 1. The lowest BCUT2D eigenvalue weighted by Gasteiger charge is -2.45. The molecule has 1 atom stereocenters. The summed E-state index contributed by atoms with van der Waals surface area (Å²) in [7, 11) is 1.87. The Hall–Kier alpha value is -3.71. The van der Waals surface area contributed by atoms with E-state index in [0.29, 0.717) is 43.0 Å². The molecule has 0 spiro atoms. The first-order chi connectivity index (χ1) is 20.1. The molecule has 42 heavy (non-hydrogen) atoms. The topological polar surface area (TPSA) is 78.1 Å². The van der Waals surface area contributed by atoms with E-state index in [1.165, 1.54) is 11.0 Å². The third-order valence-corrected chi connectivity index (χ3v) is 9.45. The number of carbonyl (C=O) groups excluding carboxylic acids is 1. The van der Waals surface area contributed by atoms with Crippen molar-refractivity contribution in [2.75, 3.05) is 18.0 Å². The van der Waals surface area contributed by atoms with Crippen molar-refractivity contribution >= 4 is 11.6 Å². The minimum Gasteiger partial charge on any atom is -0.321 e. The molecule has 1 saturated heterocycles. The number of likely N-dealkylation sites (tertiary alicyclic amines) is 1. The highest BCUT2D eigenvalue weighted by atomic mass is 19.4. The number of amides is 1. The van der Waals surface area contributed by atoms with Crippen LogP contribution in [-0.4, -0.2) is 38.7 Å². The first-order valence-corrected chi connectivity index (χ1v) is 14.7. The largest absolute Gasteiger partial charge is 0.416 e. The van der Waals surface area contributed by atoms with Crippen molar-refractivity contribution in [3.05, 3.63) is 76.4 Å². The normalized spacial score (nSPS) is 24.7. The van der Waals surface area contributed by atoms with Crippen molar-refractivity contribution in [2.45, 2.75) is 70.1 Å². The van der Waals surface area contributed by atoms with Crippen LogP contribution in [0.3, 0.4) is 0 Å². The molecule has 0 radical (unpaired) electrons. The maximum Gasteiger partial charge on any atom is 0.416 e. The lowest BCUT2D eigenvalue weighted by atomic mass is 9.57. The summed E-state index contributed by atoms with van der Waals surface area (Å²) in [5.74, 6) is 0.907. The molecule has 3 heterocycles. The Balaban J connectivity index is 1.31. The third-order valence-electron chi connectivity index (χ3n) is 9.45. The number of hydrogen-bond donors (Lipinski definition) is 0. The summed E-state index contributed by atoms with van der Waals surface area (Å²) in [6, 6.07) is 12.8. The zero-order valence-corrected chi connectivity index (χ0v) is 24.0. The van der Waals surface area contributed by atoms with E-state index in [1.807, 2.05) is 29.8 Å². The highest BCUT2D eigenvalue weighted by Gasteiger charge is 2.47. The summed E-state index contributed by atoms with van der Waals surface area (Å²) < 4.78 is 44.9. The van der Waals surface area contributed by atoms with Gasteiger partial charge in [-0.3, -0.25) is 9.69 Å². The van der Waals surface area contributed by atoms with Crippen LogP contribution in [0.4, 0.5) is 18.9 Å². The SMILES string of the molecule is CC1CCCN(Cc2cc3c(c(C(F)(F)F)c2)CN(c2cccc(C4(Cc5nncn5C)CC(C#N)C4)c2)C3=O)CC1. The number of rotatable bonds is 6. The standard InChI is InChI=1S/C32H35F3N6O/c1-21-5-4-9-40(10-8-21)18-22-11-26-27(28(12-22)32(33,34)35)19-41(30(26)42)25-7-3-6-24(13-25)31(14-23(15-31)17-36)16-29-38-37-20-39(29)2/h3,6-7,11-13,20-21,23H,4-5,8-10,14-16,18-19H2,1-2H3. The van der Waals surface area contributed by atoms with E-state index in [2.05, 4.69) is 28.1 Å². The molecular weight excluding hydrogens is 541 g/mol.